The van der Waals surface area contributed by atoms with Gasteiger partial charge in [0.1, 0.15) is 0 Å². The molecule has 2 aromatic rings. The van der Waals surface area contributed by atoms with Gasteiger partial charge in [-0.15, -0.1) is 0 Å². The Hall–Kier alpha value is -1.75. The molecule has 2 rings (SSSR count). The Morgan fingerprint density at radius 3 is 2.62 bits per heavy atom. The van der Waals surface area contributed by atoms with Crippen LogP contribution in [0.5, 0.6) is 0 Å². The molecule has 0 amide bonds. The molecule has 0 aliphatic heterocycles. The van der Waals surface area contributed by atoms with Crippen molar-refractivity contribution in [2.24, 2.45) is 12.0 Å². The van der Waals surface area contributed by atoms with Gasteiger partial charge in [-0.2, -0.15) is 0 Å². The van der Waals surface area contributed by atoms with E-state index in [4.69, 9.17) is 0 Å². The Kier molecular flexibility index (Phi) is 5.44. The van der Waals surface area contributed by atoms with Crippen molar-refractivity contribution in [2.45, 2.75) is 20.0 Å². The van der Waals surface area contributed by atoms with Crippen LogP contribution in [0.1, 0.15) is 16.7 Å². The summed E-state index contributed by atoms with van der Waals surface area (Å²) in [6.07, 6.45) is 4.14. The average molecular weight is 349 g/mol. The van der Waals surface area contributed by atoms with Crippen LogP contribution in [0, 0.1) is 6.92 Å². The van der Waals surface area contributed by atoms with E-state index in [1.54, 1.807) is 7.05 Å². The largest absolute Gasteiger partial charge is 0.357 e. The number of rotatable bonds is 4. The molecule has 0 bridgehead atoms. The molecule has 2 N–H and O–H groups in total. The van der Waals surface area contributed by atoms with E-state index in [2.05, 4.69) is 68.9 Å². The molecule has 1 aromatic carbocycles. The first-order valence-corrected chi connectivity index (χ1v) is 7.68. The van der Waals surface area contributed by atoms with Crippen molar-refractivity contribution in [3.63, 3.8) is 0 Å². The lowest BCUT2D eigenvalue weighted by atomic mass is 10.1. The fourth-order valence-electron chi connectivity index (χ4n) is 2.11. The van der Waals surface area contributed by atoms with Gasteiger partial charge < -0.3 is 15.2 Å². The Morgan fingerprint density at radius 2 is 2.00 bits per heavy atom. The van der Waals surface area contributed by atoms with Gasteiger partial charge in [0.2, 0.25) is 0 Å². The monoisotopic (exact) mass is 348 g/mol. The maximum absolute atomic E-state index is 4.25. The van der Waals surface area contributed by atoms with Crippen LogP contribution in [0.3, 0.4) is 0 Å². The molecular weight excluding hydrogens is 328 g/mol. The molecule has 21 heavy (non-hydrogen) atoms. The molecule has 0 aliphatic rings. The van der Waals surface area contributed by atoms with E-state index in [1.165, 1.54) is 16.7 Å². The van der Waals surface area contributed by atoms with Crippen LogP contribution in [0.2, 0.25) is 0 Å². The number of benzene rings is 1. The van der Waals surface area contributed by atoms with Crippen LogP contribution in [0.15, 0.2) is 46.1 Å². The van der Waals surface area contributed by atoms with Gasteiger partial charge in [-0.05, 0) is 41.8 Å². The second kappa shape index (κ2) is 7.31. The highest BCUT2D eigenvalue weighted by molar-refractivity contribution is 9.10. The Bertz CT molecular complexity index is 631. The van der Waals surface area contributed by atoms with E-state index in [1.807, 2.05) is 17.8 Å². The number of aliphatic imine (C=N–C) groups is 1. The maximum atomic E-state index is 4.25. The number of hydrogen-bond donors (Lipinski definition) is 2. The predicted octanol–water partition coefficient (Wildman–Crippen LogP) is 2.96. The van der Waals surface area contributed by atoms with Crippen molar-refractivity contribution in [3.05, 3.63) is 57.8 Å². The van der Waals surface area contributed by atoms with E-state index in [0.29, 0.717) is 0 Å². The summed E-state index contributed by atoms with van der Waals surface area (Å²) in [7, 11) is 3.81. The highest BCUT2D eigenvalue weighted by Gasteiger charge is 2.02. The minimum Gasteiger partial charge on any atom is -0.357 e. The summed E-state index contributed by atoms with van der Waals surface area (Å²) in [5, 5.41) is 6.66. The molecule has 1 aromatic heterocycles. The summed E-state index contributed by atoms with van der Waals surface area (Å²) in [6, 6.07) is 8.40. The highest BCUT2D eigenvalue weighted by Crippen LogP contribution is 2.15. The van der Waals surface area contributed by atoms with E-state index in [0.717, 1.165) is 23.5 Å². The van der Waals surface area contributed by atoms with Crippen LogP contribution in [0.25, 0.3) is 0 Å². The van der Waals surface area contributed by atoms with Crippen molar-refractivity contribution in [1.82, 2.24) is 15.2 Å². The van der Waals surface area contributed by atoms with Gasteiger partial charge in [0, 0.05) is 44.1 Å². The van der Waals surface area contributed by atoms with Gasteiger partial charge in [0.05, 0.1) is 0 Å². The van der Waals surface area contributed by atoms with Gasteiger partial charge in [0.25, 0.3) is 0 Å². The molecule has 0 unspecified atom stereocenters. The first kappa shape index (κ1) is 15.6. The van der Waals surface area contributed by atoms with Crippen molar-refractivity contribution in [1.29, 1.82) is 0 Å². The molecular formula is C16H21BrN4. The molecule has 0 aliphatic carbocycles. The number of hydrogen-bond acceptors (Lipinski definition) is 1. The smallest absolute Gasteiger partial charge is 0.191 e. The van der Waals surface area contributed by atoms with Crippen LogP contribution in [0.4, 0.5) is 0 Å². The van der Waals surface area contributed by atoms with E-state index >= 15 is 0 Å². The third kappa shape index (κ3) is 4.63. The number of guanidine groups is 1. The quantitative estimate of drug-likeness (QED) is 0.658. The molecule has 112 valence electrons. The third-order valence-corrected chi connectivity index (χ3v) is 3.82. The van der Waals surface area contributed by atoms with Crippen molar-refractivity contribution in [2.75, 3.05) is 7.05 Å². The van der Waals surface area contributed by atoms with Gasteiger partial charge in [-0.25, -0.2) is 0 Å². The standard InChI is InChI=1S/C16H21BrN4/c1-12-8-15(17)5-4-14(12)10-20-16(18-2)19-9-13-6-7-21(3)11-13/h4-8,11H,9-10H2,1-3H3,(H2,18,19,20). The topological polar surface area (TPSA) is 41.4 Å². The lowest BCUT2D eigenvalue weighted by Crippen LogP contribution is -2.36. The van der Waals surface area contributed by atoms with Crippen LogP contribution < -0.4 is 10.6 Å². The van der Waals surface area contributed by atoms with Gasteiger partial charge in [0.15, 0.2) is 5.96 Å². The fourth-order valence-corrected chi connectivity index (χ4v) is 2.58. The van der Waals surface area contributed by atoms with Gasteiger partial charge in [-0.1, -0.05) is 22.0 Å². The lowest BCUT2D eigenvalue weighted by molar-refractivity contribution is 0.803. The van der Waals surface area contributed by atoms with E-state index < -0.39 is 0 Å². The van der Waals surface area contributed by atoms with Crippen LogP contribution in [-0.2, 0) is 20.1 Å². The first-order chi connectivity index (χ1) is 10.1. The molecule has 4 nitrogen and oxygen atoms in total. The van der Waals surface area contributed by atoms with E-state index in [-0.39, 0.29) is 0 Å². The summed E-state index contributed by atoms with van der Waals surface area (Å²) in [4.78, 5) is 4.25. The maximum Gasteiger partial charge on any atom is 0.191 e. The summed E-state index contributed by atoms with van der Waals surface area (Å²) >= 11 is 3.48. The number of nitrogens with zero attached hydrogens (tertiary/aromatic N) is 2. The van der Waals surface area contributed by atoms with Crippen LogP contribution >= 0.6 is 15.9 Å². The second-order valence-electron chi connectivity index (χ2n) is 5.04. The molecule has 0 saturated heterocycles. The molecule has 0 radical (unpaired) electrons. The summed E-state index contributed by atoms with van der Waals surface area (Å²) in [5.74, 6) is 0.807. The summed E-state index contributed by atoms with van der Waals surface area (Å²) < 4.78 is 3.15. The first-order valence-electron chi connectivity index (χ1n) is 6.89. The SMILES string of the molecule is CN=C(NCc1ccn(C)c1)NCc1ccc(Br)cc1C. The number of aromatic nitrogens is 1. The summed E-state index contributed by atoms with van der Waals surface area (Å²) in [5.41, 5.74) is 3.76. The number of halogens is 1. The molecule has 1 heterocycles. The second-order valence-corrected chi connectivity index (χ2v) is 5.95. The summed E-state index contributed by atoms with van der Waals surface area (Å²) in [6.45, 7) is 3.63. The number of nitrogens with one attached hydrogen (secondary N) is 2. The fraction of sp³-hybridized carbons (Fsp3) is 0.312. The molecule has 0 fully saturated rings. The third-order valence-electron chi connectivity index (χ3n) is 3.33. The van der Waals surface area contributed by atoms with Gasteiger partial charge in [-0.3, -0.25) is 4.99 Å². The zero-order chi connectivity index (χ0) is 15.2. The predicted molar refractivity (Wildman–Crippen MR) is 91.3 cm³/mol. The normalized spacial score (nSPS) is 11.5. The molecule has 0 spiro atoms. The van der Waals surface area contributed by atoms with E-state index in [9.17, 15) is 0 Å². The van der Waals surface area contributed by atoms with Crippen molar-refractivity contribution >= 4 is 21.9 Å². The molecule has 0 atom stereocenters. The van der Waals surface area contributed by atoms with Crippen LogP contribution in [-0.4, -0.2) is 17.6 Å². The van der Waals surface area contributed by atoms with Gasteiger partial charge >= 0.3 is 0 Å². The lowest BCUT2D eigenvalue weighted by Gasteiger charge is -2.13. The zero-order valence-electron chi connectivity index (χ0n) is 12.7. The Balaban J connectivity index is 1.88. The van der Waals surface area contributed by atoms with Crippen molar-refractivity contribution in [3.8, 4) is 0 Å². The minimum absolute atomic E-state index is 0.758. The zero-order valence-corrected chi connectivity index (χ0v) is 14.2. The highest BCUT2D eigenvalue weighted by atomic mass is 79.9. The Morgan fingerprint density at radius 1 is 1.24 bits per heavy atom. The minimum atomic E-state index is 0.758. The Labute approximate surface area is 134 Å². The average Bonchev–Trinajstić information content (AvgIpc) is 2.86. The molecule has 5 heteroatoms. The van der Waals surface area contributed by atoms with Crippen molar-refractivity contribution < 1.29 is 0 Å². The number of aryl methyl sites for hydroxylation is 2. The molecule has 0 saturated carbocycles.